The molecule has 0 saturated carbocycles. The zero-order valence-electron chi connectivity index (χ0n) is 5.57. The van der Waals surface area contributed by atoms with Crippen molar-refractivity contribution in [2.45, 2.75) is 20.0 Å². The van der Waals surface area contributed by atoms with Crippen LogP contribution in [0.1, 0.15) is 18.8 Å². The van der Waals surface area contributed by atoms with Gasteiger partial charge < -0.3 is 5.73 Å². The van der Waals surface area contributed by atoms with Gasteiger partial charge >= 0.3 is 0 Å². The summed E-state index contributed by atoms with van der Waals surface area (Å²) >= 11 is 0. The van der Waals surface area contributed by atoms with Gasteiger partial charge in [0.05, 0.1) is 11.9 Å². The van der Waals surface area contributed by atoms with Gasteiger partial charge in [0.15, 0.2) is 0 Å². The lowest BCUT2D eigenvalue weighted by molar-refractivity contribution is 0.493. The molecule has 1 rings (SSSR count). The third-order valence-corrected chi connectivity index (χ3v) is 1.04. The molecule has 50 valence electrons. The van der Waals surface area contributed by atoms with Crippen LogP contribution in [0.15, 0.2) is 6.20 Å². The molecule has 1 aromatic heterocycles. The summed E-state index contributed by atoms with van der Waals surface area (Å²) in [7, 11) is 0. The van der Waals surface area contributed by atoms with Crippen LogP contribution < -0.4 is 5.73 Å². The van der Waals surface area contributed by atoms with Gasteiger partial charge in [0.1, 0.15) is 0 Å². The van der Waals surface area contributed by atoms with Gasteiger partial charge in [0.25, 0.3) is 0 Å². The van der Waals surface area contributed by atoms with Crippen LogP contribution in [0.5, 0.6) is 0 Å². The third kappa shape index (κ3) is 1.26. The highest BCUT2D eigenvalue weighted by Crippen LogP contribution is 1.94. The first kappa shape index (κ1) is 6.22. The van der Waals surface area contributed by atoms with Crippen molar-refractivity contribution < 1.29 is 0 Å². The van der Waals surface area contributed by atoms with Gasteiger partial charge in [-0.1, -0.05) is 5.21 Å². The SMILES string of the molecule is Cc1cn(C(C)N)nn1. The summed E-state index contributed by atoms with van der Waals surface area (Å²) in [5.74, 6) is 0. The largest absolute Gasteiger partial charge is 0.310 e. The van der Waals surface area contributed by atoms with E-state index in [2.05, 4.69) is 10.3 Å². The summed E-state index contributed by atoms with van der Waals surface area (Å²) in [6, 6.07) is 0. The van der Waals surface area contributed by atoms with Crippen LogP contribution in [-0.4, -0.2) is 15.0 Å². The summed E-state index contributed by atoms with van der Waals surface area (Å²) in [5.41, 5.74) is 6.38. The minimum atomic E-state index is -0.0776. The average Bonchev–Trinajstić information content (AvgIpc) is 2.14. The summed E-state index contributed by atoms with van der Waals surface area (Å²) < 4.78 is 1.62. The zero-order valence-corrected chi connectivity index (χ0v) is 5.57. The molecule has 0 spiro atoms. The number of nitrogens with zero attached hydrogens (tertiary/aromatic N) is 3. The van der Waals surface area contributed by atoms with Crippen molar-refractivity contribution in [2.24, 2.45) is 5.73 Å². The lowest BCUT2D eigenvalue weighted by Crippen LogP contribution is -2.14. The van der Waals surface area contributed by atoms with E-state index in [9.17, 15) is 0 Å². The topological polar surface area (TPSA) is 56.7 Å². The Labute approximate surface area is 53.7 Å². The van der Waals surface area contributed by atoms with Crippen molar-refractivity contribution in [3.63, 3.8) is 0 Å². The van der Waals surface area contributed by atoms with E-state index >= 15 is 0 Å². The second-order valence-electron chi connectivity index (χ2n) is 2.08. The standard InChI is InChI=1S/C5H10N4/c1-4-3-9(5(2)6)8-7-4/h3,5H,6H2,1-2H3. The number of hydrogen-bond donors (Lipinski definition) is 1. The number of hydrogen-bond acceptors (Lipinski definition) is 3. The van der Waals surface area contributed by atoms with Gasteiger partial charge in [-0.3, -0.25) is 0 Å². The first-order chi connectivity index (χ1) is 4.20. The molecule has 0 aliphatic rings. The van der Waals surface area contributed by atoms with Gasteiger partial charge in [0, 0.05) is 6.20 Å². The molecule has 0 amide bonds. The second-order valence-corrected chi connectivity index (χ2v) is 2.08. The number of aromatic nitrogens is 3. The highest BCUT2D eigenvalue weighted by molar-refractivity contribution is 4.87. The van der Waals surface area contributed by atoms with Crippen LogP contribution in [0.3, 0.4) is 0 Å². The molecule has 0 fully saturated rings. The molecule has 1 atom stereocenters. The molecule has 0 radical (unpaired) electrons. The van der Waals surface area contributed by atoms with Crippen LogP contribution >= 0.6 is 0 Å². The number of rotatable bonds is 1. The zero-order chi connectivity index (χ0) is 6.85. The summed E-state index contributed by atoms with van der Waals surface area (Å²) in [6.45, 7) is 3.74. The summed E-state index contributed by atoms with van der Waals surface area (Å²) in [4.78, 5) is 0. The van der Waals surface area contributed by atoms with Crippen molar-refractivity contribution in [3.05, 3.63) is 11.9 Å². The van der Waals surface area contributed by atoms with Crippen LogP contribution in [0.4, 0.5) is 0 Å². The maximum atomic E-state index is 5.49. The van der Waals surface area contributed by atoms with E-state index in [4.69, 9.17) is 5.73 Å². The normalized spacial score (nSPS) is 13.7. The Kier molecular flexibility index (Phi) is 1.48. The van der Waals surface area contributed by atoms with E-state index in [0.29, 0.717) is 0 Å². The second kappa shape index (κ2) is 2.14. The number of aryl methyl sites for hydroxylation is 1. The monoisotopic (exact) mass is 126 g/mol. The molecule has 1 heterocycles. The van der Waals surface area contributed by atoms with Crippen molar-refractivity contribution in [3.8, 4) is 0 Å². The lowest BCUT2D eigenvalue weighted by atomic mass is 10.5. The minimum absolute atomic E-state index is 0.0776. The Morgan fingerprint density at radius 1 is 1.78 bits per heavy atom. The molecule has 0 aromatic carbocycles. The van der Waals surface area contributed by atoms with Crippen LogP contribution in [0.25, 0.3) is 0 Å². The van der Waals surface area contributed by atoms with E-state index in [1.165, 1.54) is 0 Å². The van der Waals surface area contributed by atoms with Gasteiger partial charge in [-0.15, -0.1) is 5.10 Å². The van der Waals surface area contributed by atoms with Crippen molar-refractivity contribution in [1.29, 1.82) is 0 Å². The molecule has 0 aliphatic carbocycles. The first-order valence-electron chi connectivity index (χ1n) is 2.84. The molecule has 4 nitrogen and oxygen atoms in total. The van der Waals surface area contributed by atoms with Crippen molar-refractivity contribution >= 4 is 0 Å². The van der Waals surface area contributed by atoms with Crippen LogP contribution in [0.2, 0.25) is 0 Å². The highest BCUT2D eigenvalue weighted by atomic mass is 15.4. The predicted molar refractivity (Wildman–Crippen MR) is 33.7 cm³/mol. The molecule has 1 unspecified atom stereocenters. The van der Waals surface area contributed by atoms with E-state index in [0.717, 1.165) is 5.69 Å². The van der Waals surface area contributed by atoms with Crippen molar-refractivity contribution in [1.82, 2.24) is 15.0 Å². The van der Waals surface area contributed by atoms with E-state index in [1.54, 1.807) is 4.68 Å². The molecular weight excluding hydrogens is 116 g/mol. The van der Waals surface area contributed by atoms with Gasteiger partial charge in [-0.05, 0) is 13.8 Å². The third-order valence-electron chi connectivity index (χ3n) is 1.04. The van der Waals surface area contributed by atoms with Crippen LogP contribution in [-0.2, 0) is 0 Å². The maximum absolute atomic E-state index is 5.49. The van der Waals surface area contributed by atoms with Gasteiger partial charge in [0.2, 0.25) is 0 Å². The molecule has 0 aliphatic heterocycles. The van der Waals surface area contributed by atoms with E-state index < -0.39 is 0 Å². The van der Waals surface area contributed by atoms with Crippen molar-refractivity contribution in [2.75, 3.05) is 0 Å². The summed E-state index contributed by atoms with van der Waals surface area (Å²) in [5, 5.41) is 7.53. The Morgan fingerprint density at radius 2 is 2.44 bits per heavy atom. The fourth-order valence-corrected chi connectivity index (χ4v) is 0.564. The van der Waals surface area contributed by atoms with E-state index in [-0.39, 0.29) is 6.17 Å². The molecule has 4 heteroatoms. The quantitative estimate of drug-likeness (QED) is 0.579. The Hall–Kier alpha value is -0.900. The highest BCUT2D eigenvalue weighted by Gasteiger charge is 1.97. The molecule has 0 saturated heterocycles. The Bertz CT molecular complexity index is 191. The van der Waals surface area contributed by atoms with Gasteiger partial charge in [-0.25, -0.2) is 4.68 Å². The van der Waals surface area contributed by atoms with Gasteiger partial charge in [-0.2, -0.15) is 0 Å². The average molecular weight is 126 g/mol. The predicted octanol–water partition coefficient (Wildman–Crippen LogP) is 0.0637. The smallest absolute Gasteiger partial charge is 0.0977 e. The first-order valence-corrected chi connectivity index (χ1v) is 2.84. The maximum Gasteiger partial charge on any atom is 0.0977 e. The van der Waals surface area contributed by atoms with Crippen LogP contribution in [0, 0.1) is 6.92 Å². The molecular formula is C5H10N4. The molecule has 1 aromatic rings. The fourth-order valence-electron chi connectivity index (χ4n) is 0.564. The molecule has 2 N–H and O–H groups in total. The lowest BCUT2D eigenvalue weighted by Gasteiger charge is -2.00. The Morgan fingerprint density at radius 3 is 2.67 bits per heavy atom. The van der Waals surface area contributed by atoms with E-state index in [1.807, 2.05) is 20.0 Å². The summed E-state index contributed by atoms with van der Waals surface area (Å²) in [6.07, 6.45) is 1.73. The minimum Gasteiger partial charge on any atom is -0.310 e. The Balaban J connectivity index is 2.85. The number of nitrogens with two attached hydrogens (primary N) is 1. The molecule has 9 heavy (non-hydrogen) atoms. The fraction of sp³-hybridized carbons (Fsp3) is 0.600. The molecule has 0 bridgehead atoms.